The van der Waals surface area contributed by atoms with Crippen molar-refractivity contribution in [3.63, 3.8) is 0 Å². The van der Waals surface area contributed by atoms with E-state index in [1.54, 1.807) is 6.20 Å². The minimum atomic E-state index is -0.195. The molecule has 23 heavy (non-hydrogen) atoms. The molecule has 1 amide bonds. The van der Waals surface area contributed by atoms with Crippen LogP contribution in [-0.4, -0.2) is 17.5 Å². The number of rotatable bonds is 4. The highest BCUT2D eigenvalue weighted by molar-refractivity contribution is 6.02. The van der Waals surface area contributed by atoms with Gasteiger partial charge in [-0.25, -0.2) is 0 Å². The van der Waals surface area contributed by atoms with Crippen molar-refractivity contribution >= 4 is 22.5 Å². The summed E-state index contributed by atoms with van der Waals surface area (Å²) < 4.78 is 5.50. The Bertz CT molecular complexity index is 842. The molecular formula is C19H18N2O2. The van der Waals surface area contributed by atoms with Crippen LogP contribution in [0.25, 0.3) is 10.9 Å². The van der Waals surface area contributed by atoms with Gasteiger partial charge in [-0.2, -0.15) is 0 Å². The van der Waals surface area contributed by atoms with E-state index in [4.69, 9.17) is 4.74 Å². The van der Waals surface area contributed by atoms with E-state index in [0.717, 1.165) is 27.7 Å². The molecule has 0 saturated carbocycles. The van der Waals surface area contributed by atoms with Gasteiger partial charge < -0.3 is 10.1 Å². The Balaban J connectivity index is 1.71. The second kappa shape index (κ2) is 6.48. The van der Waals surface area contributed by atoms with E-state index >= 15 is 0 Å². The van der Waals surface area contributed by atoms with Crippen LogP contribution in [0.2, 0.25) is 0 Å². The van der Waals surface area contributed by atoms with Gasteiger partial charge in [0.25, 0.3) is 5.91 Å². The van der Waals surface area contributed by atoms with Gasteiger partial charge in [-0.3, -0.25) is 9.78 Å². The van der Waals surface area contributed by atoms with Crippen LogP contribution in [0, 0.1) is 13.8 Å². The van der Waals surface area contributed by atoms with Gasteiger partial charge in [-0.1, -0.05) is 23.8 Å². The van der Waals surface area contributed by atoms with E-state index in [1.807, 2.05) is 62.4 Å². The third kappa shape index (κ3) is 3.48. The van der Waals surface area contributed by atoms with E-state index in [9.17, 15) is 4.79 Å². The summed E-state index contributed by atoms with van der Waals surface area (Å²) in [5.74, 6) is 0.487. The number of nitrogens with zero attached hydrogens (tertiary/aromatic N) is 1. The Morgan fingerprint density at radius 3 is 2.65 bits per heavy atom. The highest BCUT2D eigenvalue weighted by atomic mass is 16.5. The van der Waals surface area contributed by atoms with E-state index in [0.29, 0.717) is 5.75 Å². The fourth-order valence-corrected chi connectivity index (χ4v) is 2.39. The lowest BCUT2D eigenvalue weighted by molar-refractivity contribution is -0.118. The number of amides is 1. The van der Waals surface area contributed by atoms with E-state index in [2.05, 4.69) is 10.3 Å². The highest BCUT2D eigenvalue weighted by Crippen LogP contribution is 2.24. The number of pyridine rings is 1. The summed E-state index contributed by atoms with van der Waals surface area (Å²) >= 11 is 0. The molecule has 0 spiro atoms. The molecule has 0 unspecified atom stereocenters. The number of aromatic nitrogens is 1. The Morgan fingerprint density at radius 2 is 1.87 bits per heavy atom. The predicted octanol–water partition coefficient (Wildman–Crippen LogP) is 3.87. The van der Waals surface area contributed by atoms with Crippen molar-refractivity contribution in [2.45, 2.75) is 13.8 Å². The molecule has 0 saturated heterocycles. The van der Waals surface area contributed by atoms with Gasteiger partial charge in [0.1, 0.15) is 5.75 Å². The van der Waals surface area contributed by atoms with Gasteiger partial charge in [-0.15, -0.1) is 0 Å². The van der Waals surface area contributed by atoms with Gasteiger partial charge in [-0.05, 0) is 49.7 Å². The van der Waals surface area contributed by atoms with Crippen molar-refractivity contribution in [2.24, 2.45) is 0 Å². The Hall–Kier alpha value is -2.88. The third-order valence-corrected chi connectivity index (χ3v) is 3.64. The predicted molar refractivity (Wildman–Crippen MR) is 91.8 cm³/mol. The quantitative estimate of drug-likeness (QED) is 0.796. The number of carbonyl (C=O) groups excluding carboxylic acids is 1. The largest absolute Gasteiger partial charge is 0.484 e. The molecule has 116 valence electrons. The molecule has 0 radical (unpaired) electrons. The molecule has 0 atom stereocenters. The summed E-state index contributed by atoms with van der Waals surface area (Å²) in [6, 6.07) is 15.3. The van der Waals surface area contributed by atoms with Crippen LogP contribution in [0.3, 0.4) is 0 Å². The summed E-state index contributed by atoms with van der Waals surface area (Å²) in [5, 5.41) is 3.82. The number of benzene rings is 2. The number of aryl methyl sites for hydroxylation is 2. The maximum atomic E-state index is 12.1. The van der Waals surface area contributed by atoms with Gasteiger partial charge in [0.15, 0.2) is 6.61 Å². The second-order valence-electron chi connectivity index (χ2n) is 5.48. The Kier molecular flexibility index (Phi) is 4.24. The molecule has 3 rings (SSSR count). The minimum absolute atomic E-state index is 0.0291. The van der Waals surface area contributed by atoms with Crippen LogP contribution in [-0.2, 0) is 4.79 Å². The summed E-state index contributed by atoms with van der Waals surface area (Å²) in [6.07, 6.45) is 1.75. The van der Waals surface area contributed by atoms with Crippen molar-refractivity contribution in [1.82, 2.24) is 4.98 Å². The van der Waals surface area contributed by atoms with Gasteiger partial charge >= 0.3 is 0 Å². The van der Waals surface area contributed by atoms with Crippen molar-refractivity contribution in [3.05, 3.63) is 65.9 Å². The lowest BCUT2D eigenvalue weighted by Crippen LogP contribution is -2.20. The lowest BCUT2D eigenvalue weighted by Gasteiger charge is -2.11. The summed E-state index contributed by atoms with van der Waals surface area (Å²) in [4.78, 5) is 16.5. The molecule has 0 aliphatic rings. The summed E-state index contributed by atoms with van der Waals surface area (Å²) in [7, 11) is 0. The Labute approximate surface area is 135 Å². The first-order chi connectivity index (χ1) is 11.1. The average molecular weight is 306 g/mol. The first-order valence-corrected chi connectivity index (χ1v) is 7.47. The van der Waals surface area contributed by atoms with Crippen molar-refractivity contribution < 1.29 is 9.53 Å². The monoisotopic (exact) mass is 306 g/mol. The zero-order valence-electron chi connectivity index (χ0n) is 13.2. The molecule has 0 fully saturated rings. The normalized spacial score (nSPS) is 10.5. The molecule has 1 heterocycles. The van der Waals surface area contributed by atoms with Crippen LogP contribution in [0.4, 0.5) is 5.69 Å². The van der Waals surface area contributed by atoms with Gasteiger partial charge in [0.05, 0.1) is 11.2 Å². The maximum Gasteiger partial charge on any atom is 0.262 e. The van der Waals surface area contributed by atoms with Crippen LogP contribution in [0.1, 0.15) is 11.1 Å². The highest BCUT2D eigenvalue weighted by Gasteiger charge is 2.08. The van der Waals surface area contributed by atoms with E-state index in [1.165, 1.54) is 0 Å². The molecular weight excluding hydrogens is 288 g/mol. The summed E-state index contributed by atoms with van der Waals surface area (Å²) in [6.45, 7) is 3.98. The SMILES string of the molecule is Cc1ccc(OCC(=O)Nc2ccc(C)c3ncccc23)cc1. The van der Waals surface area contributed by atoms with Crippen LogP contribution in [0.15, 0.2) is 54.7 Å². The van der Waals surface area contributed by atoms with E-state index in [-0.39, 0.29) is 12.5 Å². The molecule has 0 aliphatic carbocycles. The number of nitrogens with one attached hydrogen (secondary N) is 1. The van der Waals surface area contributed by atoms with Crippen LogP contribution < -0.4 is 10.1 Å². The lowest BCUT2D eigenvalue weighted by atomic mass is 10.1. The van der Waals surface area contributed by atoms with Crippen molar-refractivity contribution in [3.8, 4) is 5.75 Å². The summed E-state index contributed by atoms with van der Waals surface area (Å²) in [5.41, 5.74) is 3.87. The zero-order valence-corrected chi connectivity index (χ0v) is 13.2. The molecule has 0 aliphatic heterocycles. The number of hydrogen-bond donors (Lipinski definition) is 1. The van der Waals surface area contributed by atoms with Crippen LogP contribution in [0.5, 0.6) is 5.75 Å². The fourth-order valence-electron chi connectivity index (χ4n) is 2.39. The zero-order chi connectivity index (χ0) is 16.2. The molecule has 1 N–H and O–H groups in total. The van der Waals surface area contributed by atoms with Gasteiger partial charge in [0, 0.05) is 11.6 Å². The average Bonchev–Trinajstić information content (AvgIpc) is 2.57. The molecule has 3 aromatic rings. The third-order valence-electron chi connectivity index (χ3n) is 3.64. The number of hydrogen-bond acceptors (Lipinski definition) is 3. The second-order valence-corrected chi connectivity index (χ2v) is 5.48. The number of fused-ring (bicyclic) bond motifs is 1. The molecule has 0 bridgehead atoms. The van der Waals surface area contributed by atoms with E-state index < -0.39 is 0 Å². The smallest absolute Gasteiger partial charge is 0.262 e. The number of ether oxygens (including phenoxy) is 1. The first-order valence-electron chi connectivity index (χ1n) is 7.47. The minimum Gasteiger partial charge on any atom is -0.484 e. The van der Waals surface area contributed by atoms with Crippen LogP contribution >= 0.6 is 0 Å². The fraction of sp³-hybridized carbons (Fsp3) is 0.158. The van der Waals surface area contributed by atoms with Crippen molar-refractivity contribution in [1.29, 1.82) is 0 Å². The first kappa shape index (κ1) is 15.0. The molecule has 4 heteroatoms. The molecule has 4 nitrogen and oxygen atoms in total. The maximum absolute atomic E-state index is 12.1. The Morgan fingerprint density at radius 1 is 1.09 bits per heavy atom. The molecule has 2 aromatic carbocycles. The molecule has 1 aromatic heterocycles. The standard InChI is InChI=1S/C19H18N2O2/c1-13-5-8-15(9-6-13)23-12-18(22)21-17-10-7-14(2)19-16(17)4-3-11-20-19/h3-11H,12H2,1-2H3,(H,21,22). The number of carbonyl (C=O) groups is 1. The number of anilines is 1. The van der Waals surface area contributed by atoms with Crippen molar-refractivity contribution in [2.75, 3.05) is 11.9 Å². The topological polar surface area (TPSA) is 51.2 Å². The van der Waals surface area contributed by atoms with Gasteiger partial charge in [0.2, 0.25) is 0 Å².